The first-order valence-corrected chi connectivity index (χ1v) is 11.9. The van der Waals surface area contributed by atoms with E-state index in [9.17, 15) is 27.2 Å². The lowest BCUT2D eigenvalue weighted by Crippen LogP contribution is -2.42. The number of ether oxygens (including phenoxy) is 1. The number of nitrogens with zero attached hydrogens (tertiary/aromatic N) is 2. The number of anilines is 2. The second-order valence-corrected chi connectivity index (χ2v) is 9.36. The fourth-order valence-corrected chi connectivity index (χ4v) is 4.24. The van der Waals surface area contributed by atoms with E-state index in [0.717, 1.165) is 12.1 Å². The maximum Gasteiger partial charge on any atom is 0.418 e. The first-order valence-electron chi connectivity index (χ1n) is 11.9. The van der Waals surface area contributed by atoms with E-state index < -0.39 is 28.9 Å². The lowest BCUT2D eigenvalue weighted by atomic mass is 9.80. The van der Waals surface area contributed by atoms with Crippen molar-refractivity contribution in [2.24, 2.45) is 5.41 Å². The molecule has 0 aliphatic carbocycles. The van der Waals surface area contributed by atoms with E-state index in [2.05, 4.69) is 20.6 Å². The highest BCUT2D eigenvalue weighted by atomic mass is 19.4. The van der Waals surface area contributed by atoms with Gasteiger partial charge in [-0.3, -0.25) is 9.59 Å². The molecule has 38 heavy (non-hydrogen) atoms. The molecular weight excluding hydrogens is 504 g/mol. The molecule has 1 amide bonds. The molecule has 1 aliphatic rings. The molecular formula is C27H26F4N4O3. The van der Waals surface area contributed by atoms with Crippen molar-refractivity contribution in [2.75, 3.05) is 18.5 Å². The molecule has 2 aromatic carbocycles. The van der Waals surface area contributed by atoms with Gasteiger partial charge in [0.25, 0.3) is 0 Å². The lowest BCUT2D eigenvalue weighted by Gasteiger charge is -2.25. The van der Waals surface area contributed by atoms with Crippen LogP contribution in [0.15, 0.2) is 48.8 Å². The minimum absolute atomic E-state index is 0.0424. The molecule has 1 aromatic heterocycles. The van der Waals surface area contributed by atoms with Crippen LogP contribution in [0.2, 0.25) is 0 Å². The maximum absolute atomic E-state index is 14.8. The number of halogens is 4. The molecule has 1 atom stereocenters. The Labute approximate surface area is 216 Å². The van der Waals surface area contributed by atoms with Crippen molar-refractivity contribution in [3.8, 4) is 0 Å². The second-order valence-electron chi connectivity index (χ2n) is 9.36. The van der Waals surface area contributed by atoms with Gasteiger partial charge in [0.05, 0.1) is 28.8 Å². The summed E-state index contributed by atoms with van der Waals surface area (Å²) in [4.78, 5) is 33.9. The van der Waals surface area contributed by atoms with Crippen LogP contribution in [0.3, 0.4) is 0 Å². The number of hydrogen-bond acceptors (Lipinski definition) is 6. The minimum atomic E-state index is -4.58. The molecule has 200 valence electrons. The molecule has 11 heteroatoms. The molecule has 0 bridgehead atoms. The zero-order valence-electron chi connectivity index (χ0n) is 20.8. The van der Waals surface area contributed by atoms with Crippen molar-refractivity contribution in [2.45, 2.75) is 39.4 Å². The van der Waals surface area contributed by atoms with Gasteiger partial charge in [-0.2, -0.15) is 13.2 Å². The standard InChI is InChI=1S/C27H26F4N4O3/c1-16-3-6-23(21(9-16)27(29,30)31)35-20-5-4-18(22(28)10-20)12-34-25(37)26(7-8-38-15-26)11-24(36)19-13-32-17(2)33-14-19/h3-6,9-10,13-14,35H,7-8,11-12,15H2,1-2H3,(H,34,37)/t26-/m0/s1. The van der Waals surface area contributed by atoms with Gasteiger partial charge >= 0.3 is 6.18 Å². The van der Waals surface area contributed by atoms with Crippen molar-refractivity contribution in [1.29, 1.82) is 0 Å². The third-order valence-electron chi connectivity index (χ3n) is 6.44. The predicted octanol–water partition coefficient (Wildman–Crippen LogP) is 5.29. The van der Waals surface area contributed by atoms with Crippen LogP contribution < -0.4 is 10.6 Å². The number of benzene rings is 2. The van der Waals surface area contributed by atoms with Crippen LogP contribution in [-0.2, 0) is 22.3 Å². The summed E-state index contributed by atoms with van der Waals surface area (Å²) in [6.45, 7) is 3.42. The molecule has 2 heterocycles. The Balaban J connectivity index is 1.44. The normalized spacial score (nSPS) is 17.3. The van der Waals surface area contributed by atoms with E-state index in [1.807, 2.05) is 0 Å². The summed E-state index contributed by atoms with van der Waals surface area (Å²) in [6, 6.07) is 7.71. The summed E-state index contributed by atoms with van der Waals surface area (Å²) in [5, 5.41) is 5.30. The highest BCUT2D eigenvalue weighted by Crippen LogP contribution is 2.37. The summed E-state index contributed by atoms with van der Waals surface area (Å²) < 4.78 is 60.5. The molecule has 3 aromatic rings. The third-order valence-corrected chi connectivity index (χ3v) is 6.44. The Hall–Kier alpha value is -3.86. The Morgan fingerprint density at radius 2 is 1.82 bits per heavy atom. The van der Waals surface area contributed by atoms with Crippen LogP contribution >= 0.6 is 0 Å². The van der Waals surface area contributed by atoms with Crippen molar-refractivity contribution in [3.05, 3.63) is 82.7 Å². The number of aromatic nitrogens is 2. The van der Waals surface area contributed by atoms with Gasteiger partial charge in [0.1, 0.15) is 11.6 Å². The van der Waals surface area contributed by atoms with Crippen LogP contribution in [0.25, 0.3) is 0 Å². The van der Waals surface area contributed by atoms with Gasteiger partial charge in [-0.05, 0) is 44.5 Å². The fourth-order valence-electron chi connectivity index (χ4n) is 4.24. The Morgan fingerprint density at radius 1 is 1.08 bits per heavy atom. The number of nitrogens with one attached hydrogen (secondary N) is 2. The van der Waals surface area contributed by atoms with Gasteiger partial charge in [0.15, 0.2) is 5.78 Å². The first kappa shape index (κ1) is 27.2. The molecule has 1 aliphatic heterocycles. The predicted molar refractivity (Wildman–Crippen MR) is 131 cm³/mol. The number of amides is 1. The quantitative estimate of drug-likeness (QED) is 0.304. The molecule has 1 saturated heterocycles. The minimum Gasteiger partial charge on any atom is -0.380 e. The number of carbonyl (C=O) groups is 2. The zero-order valence-corrected chi connectivity index (χ0v) is 20.8. The van der Waals surface area contributed by atoms with Gasteiger partial charge < -0.3 is 15.4 Å². The summed E-state index contributed by atoms with van der Waals surface area (Å²) in [7, 11) is 0. The number of rotatable bonds is 8. The molecule has 0 saturated carbocycles. The highest BCUT2D eigenvalue weighted by molar-refractivity contribution is 5.99. The number of carbonyl (C=O) groups excluding carboxylic acids is 2. The fraction of sp³-hybridized carbons (Fsp3) is 0.333. The van der Waals surface area contributed by atoms with Crippen LogP contribution in [0.5, 0.6) is 0 Å². The maximum atomic E-state index is 14.8. The molecule has 2 N–H and O–H groups in total. The van der Waals surface area contributed by atoms with E-state index in [1.54, 1.807) is 13.8 Å². The van der Waals surface area contributed by atoms with Crippen LogP contribution in [0.1, 0.15) is 45.7 Å². The van der Waals surface area contributed by atoms with Crippen LogP contribution in [0, 0.1) is 25.1 Å². The molecule has 0 spiro atoms. The van der Waals surface area contributed by atoms with Gasteiger partial charge in [-0.15, -0.1) is 0 Å². The molecule has 7 nitrogen and oxygen atoms in total. The van der Waals surface area contributed by atoms with E-state index >= 15 is 0 Å². The number of Topliss-reactive ketones (excluding diaryl/α,β-unsaturated/α-hetero) is 1. The van der Waals surface area contributed by atoms with Gasteiger partial charge in [-0.1, -0.05) is 17.7 Å². The number of hydrogen-bond donors (Lipinski definition) is 2. The third kappa shape index (κ3) is 6.16. The zero-order chi connectivity index (χ0) is 27.5. The second kappa shape index (κ2) is 10.9. The van der Waals surface area contributed by atoms with E-state index in [1.165, 1.54) is 36.7 Å². The summed E-state index contributed by atoms with van der Waals surface area (Å²) in [6.07, 6.45) is -1.56. The topological polar surface area (TPSA) is 93.2 Å². The average molecular weight is 531 g/mol. The molecule has 0 radical (unpaired) electrons. The van der Waals surface area contributed by atoms with Crippen molar-refractivity contribution in [1.82, 2.24) is 15.3 Å². The number of alkyl halides is 3. The summed E-state index contributed by atoms with van der Waals surface area (Å²) in [5.41, 5.74) is -1.18. The first-order chi connectivity index (χ1) is 18.0. The SMILES string of the molecule is Cc1ccc(Nc2ccc(CNC(=O)[C@]3(CC(=O)c4cnc(C)nc4)CCOC3)c(F)c2)c(C(F)(F)F)c1. The number of aryl methyl sites for hydroxylation is 2. The smallest absolute Gasteiger partial charge is 0.380 e. The Kier molecular flexibility index (Phi) is 7.77. The molecule has 4 rings (SSSR count). The largest absolute Gasteiger partial charge is 0.418 e. The van der Waals surface area contributed by atoms with Crippen LogP contribution in [-0.4, -0.2) is 34.9 Å². The molecule has 1 fully saturated rings. The summed E-state index contributed by atoms with van der Waals surface area (Å²) in [5.74, 6) is -0.948. The van der Waals surface area contributed by atoms with E-state index in [0.29, 0.717) is 24.4 Å². The Bertz CT molecular complexity index is 1340. The van der Waals surface area contributed by atoms with Crippen molar-refractivity contribution in [3.63, 3.8) is 0 Å². The monoisotopic (exact) mass is 530 g/mol. The molecule has 0 unspecified atom stereocenters. The van der Waals surface area contributed by atoms with Crippen LogP contribution in [0.4, 0.5) is 28.9 Å². The van der Waals surface area contributed by atoms with Gasteiger partial charge in [0.2, 0.25) is 5.91 Å². The average Bonchev–Trinajstić information content (AvgIpc) is 3.34. The van der Waals surface area contributed by atoms with Crippen molar-refractivity contribution >= 4 is 23.1 Å². The van der Waals surface area contributed by atoms with E-state index in [-0.39, 0.29) is 47.9 Å². The van der Waals surface area contributed by atoms with Gasteiger partial charge in [0, 0.05) is 43.2 Å². The van der Waals surface area contributed by atoms with E-state index in [4.69, 9.17) is 4.74 Å². The highest BCUT2D eigenvalue weighted by Gasteiger charge is 2.44. The Morgan fingerprint density at radius 3 is 2.45 bits per heavy atom. The van der Waals surface area contributed by atoms with Gasteiger partial charge in [-0.25, -0.2) is 14.4 Å². The number of ketones is 1. The lowest BCUT2D eigenvalue weighted by molar-refractivity contribution is -0.137. The van der Waals surface area contributed by atoms with Crippen molar-refractivity contribution < 1.29 is 31.9 Å². The summed E-state index contributed by atoms with van der Waals surface area (Å²) >= 11 is 0.